The van der Waals surface area contributed by atoms with Crippen LogP contribution in [0.25, 0.3) is 0 Å². The molecular weight excluding hydrogens is 304 g/mol. The highest BCUT2D eigenvalue weighted by molar-refractivity contribution is 5.85. The van der Waals surface area contributed by atoms with E-state index >= 15 is 0 Å². The maximum atomic E-state index is 11.7. The van der Waals surface area contributed by atoms with Crippen molar-refractivity contribution in [3.63, 3.8) is 0 Å². The third-order valence-corrected chi connectivity index (χ3v) is 3.58. The van der Waals surface area contributed by atoms with Crippen LogP contribution in [0.1, 0.15) is 25.7 Å². The van der Waals surface area contributed by atoms with Crippen LogP contribution in [0.3, 0.4) is 0 Å². The Labute approximate surface area is 138 Å². The van der Waals surface area contributed by atoms with E-state index in [1.807, 2.05) is 24.3 Å². The van der Waals surface area contributed by atoms with Gasteiger partial charge in [0.1, 0.15) is 11.5 Å². The van der Waals surface area contributed by atoms with Crippen LogP contribution in [0.15, 0.2) is 24.3 Å². The molecule has 2 N–H and O–H groups in total. The van der Waals surface area contributed by atoms with Crippen molar-refractivity contribution in [2.75, 3.05) is 26.8 Å². The highest BCUT2D eigenvalue weighted by Gasteiger charge is 2.14. The van der Waals surface area contributed by atoms with Gasteiger partial charge in [-0.15, -0.1) is 12.4 Å². The molecule has 0 aromatic heterocycles. The van der Waals surface area contributed by atoms with Crippen molar-refractivity contribution >= 4 is 18.3 Å². The van der Waals surface area contributed by atoms with Gasteiger partial charge in [0, 0.05) is 19.0 Å². The first kappa shape index (κ1) is 18.6. The van der Waals surface area contributed by atoms with E-state index in [4.69, 9.17) is 9.47 Å². The second-order valence-electron chi connectivity index (χ2n) is 5.22. The number of ether oxygens (including phenoxy) is 2. The first-order valence-corrected chi connectivity index (χ1v) is 7.55. The molecule has 0 aliphatic carbocycles. The number of carbonyl (C=O) groups is 1. The molecule has 124 valence electrons. The number of nitrogens with one attached hydrogen (secondary N) is 2. The normalized spacial score (nSPS) is 16.7. The standard InChI is InChI=1S/C16H24N2O3.ClH/c1-20-14-6-8-15(9-7-14)21-11-3-5-16(19)18-12-13-4-2-10-17-13;/h6-9,13,17H,2-5,10-12H2,1H3,(H,18,19);1H. The molecule has 1 aliphatic heterocycles. The van der Waals surface area contributed by atoms with Gasteiger partial charge in [-0.3, -0.25) is 4.79 Å². The molecule has 2 rings (SSSR count). The van der Waals surface area contributed by atoms with E-state index in [0.29, 0.717) is 19.1 Å². The molecule has 1 aliphatic rings. The second-order valence-corrected chi connectivity index (χ2v) is 5.22. The van der Waals surface area contributed by atoms with Gasteiger partial charge < -0.3 is 20.1 Å². The summed E-state index contributed by atoms with van der Waals surface area (Å²) in [4.78, 5) is 11.7. The monoisotopic (exact) mass is 328 g/mol. The number of rotatable bonds is 8. The van der Waals surface area contributed by atoms with Gasteiger partial charge in [-0.05, 0) is 50.1 Å². The molecular formula is C16H25ClN2O3. The molecule has 0 spiro atoms. The molecule has 1 aromatic rings. The average molecular weight is 329 g/mol. The Kier molecular flexibility index (Phi) is 8.70. The fourth-order valence-corrected chi connectivity index (χ4v) is 2.35. The van der Waals surface area contributed by atoms with Gasteiger partial charge in [-0.1, -0.05) is 0 Å². The molecule has 1 unspecified atom stereocenters. The zero-order chi connectivity index (χ0) is 14.9. The summed E-state index contributed by atoms with van der Waals surface area (Å²) in [5.74, 6) is 1.70. The third-order valence-electron chi connectivity index (χ3n) is 3.58. The van der Waals surface area contributed by atoms with Crippen LogP contribution in [0.4, 0.5) is 0 Å². The SMILES string of the molecule is COc1ccc(OCCCC(=O)NCC2CCCN2)cc1.Cl. The molecule has 22 heavy (non-hydrogen) atoms. The second kappa shape index (κ2) is 10.3. The predicted molar refractivity (Wildman–Crippen MR) is 89.0 cm³/mol. The van der Waals surface area contributed by atoms with Gasteiger partial charge >= 0.3 is 0 Å². The fourth-order valence-electron chi connectivity index (χ4n) is 2.35. The number of hydrogen-bond acceptors (Lipinski definition) is 4. The number of halogens is 1. The lowest BCUT2D eigenvalue weighted by Gasteiger charge is -2.11. The number of methoxy groups -OCH3 is 1. The molecule has 0 saturated carbocycles. The van der Waals surface area contributed by atoms with Crippen LogP contribution in [0.2, 0.25) is 0 Å². The maximum absolute atomic E-state index is 11.7. The molecule has 1 amide bonds. The van der Waals surface area contributed by atoms with Crippen molar-refractivity contribution in [2.24, 2.45) is 0 Å². The van der Waals surface area contributed by atoms with Gasteiger partial charge in [0.05, 0.1) is 13.7 Å². The molecule has 1 heterocycles. The Morgan fingerprint density at radius 3 is 2.68 bits per heavy atom. The zero-order valence-electron chi connectivity index (χ0n) is 13.0. The summed E-state index contributed by atoms with van der Waals surface area (Å²) in [5, 5.41) is 6.33. The molecule has 0 radical (unpaired) electrons. The summed E-state index contributed by atoms with van der Waals surface area (Å²) in [6, 6.07) is 7.90. The lowest BCUT2D eigenvalue weighted by molar-refractivity contribution is -0.121. The van der Waals surface area contributed by atoms with Crippen LogP contribution in [0.5, 0.6) is 11.5 Å². The van der Waals surface area contributed by atoms with Gasteiger partial charge in [-0.25, -0.2) is 0 Å². The fraction of sp³-hybridized carbons (Fsp3) is 0.562. The lowest BCUT2D eigenvalue weighted by atomic mass is 10.2. The summed E-state index contributed by atoms with van der Waals surface area (Å²) in [6.07, 6.45) is 3.58. The van der Waals surface area contributed by atoms with E-state index in [2.05, 4.69) is 10.6 Å². The number of hydrogen-bond donors (Lipinski definition) is 2. The van der Waals surface area contributed by atoms with E-state index in [9.17, 15) is 4.79 Å². The van der Waals surface area contributed by atoms with Gasteiger partial charge in [0.25, 0.3) is 0 Å². The van der Waals surface area contributed by atoms with Gasteiger partial charge in [0.2, 0.25) is 5.91 Å². The Morgan fingerprint density at radius 1 is 1.32 bits per heavy atom. The van der Waals surface area contributed by atoms with Crippen molar-refractivity contribution in [1.29, 1.82) is 0 Å². The highest BCUT2D eigenvalue weighted by atomic mass is 35.5. The minimum absolute atomic E-state index is 0. The van der Waals surface area contributed by atoms with E-state index in [-0.39, 0.29) is 18.3 Å². The van der Waals surface area contributed by atoms with Crippen molar-refractivity contribution in [3.05, 3.63) is 24.3 Å². The van der Waals surface area contributed by atoms with E-state index < -0.39 is 0 Å². The lowest BCUT2D eigenvalue weighted by Crippen LogP contribution is -2.37. The number of benzene rings is 1. The largest absolute Gasteiger partial charge is 0.497 e. The van der Waals surface area contributed by atoms with Crippen molar-refractivity contribution in [1.82, 2.24) is 10.6 Å². The van der Waals surface area contributed by atoms with Crippen molar-refractivity contribution < 1.29 is 14.3 Å². The molecule has 5 nitrogen and oxygen atoms in total. The van der Waals surface area contributed by atoms with Crippen LogP contribution in [-0.4, -0.2) is 38.8 Å². The van der Waals surface area contributed by atoms with Crippen LogP contribution in [0, 0.1) is 0 Å². The summed E-state index contributed by atoms with van der Waals surface area (Å²) in [6.45, 7) is 2.34. The van der Waals surface area contributed by atoms with Crippen LogP contribution >= 0.6 is 12.4 Å². The quantitative estimate of drug-likeness (QED) is 0.718. The first-order chi connectivity index (χ1) is 10.3. The molecule has 1 fully saturated rings. The smallest absolute Gasteiger partial charge is 0.220 e. The van der Waals surface area contributed by atoms with Crippen molar-refractivity contribution in [2.45, 2.75) is 31.7 Å². The topological polar surface area (TPSA) is 59.6 Å². The van der Waals surface area contributed by atoms with E-state index in [1.54, 1.807) is 7.11 Å². The van der Waals surface area contributed by atoms with Gasteiger partial charge in [-0.2, -0.15) is 0 Å². The van der Waals surface area contributed by atoms with Gasteiger partial charge in [0.15, 0.2) is 0 Å². The predicted octanol–water partition coefficient (Wildman–Crippen LogP) is 2.14. The number of carbonyl (C=O) groups excluding carboxylic acids is 1. The molecule has 1 atom stereocenters. The Balaban J connectivity index is 0.00000242. The molecule has 0 bridgehead atoms. The minimum atomic E-state index is 0. The van der Waals surface area contributed by atoms with Crippen molar-refractivity contribution in [3.8, 4) is 11.5 Å². The Bertz CT molecular complexity index is 434. The Hall–Kier alpha value is -1.46. The van der Waals surface area contributed by atoms with Crippen LogP contribution < -0.4 is 20.1 Å². The third kappa shape index (κ3) is 6.54. The molecule has 1 saturated heterocycles. The summed E-state index contributed by atoms with van der Waals surface area (Å²) < 4.78 is 10.7. The summed E-state index contributed by atoms with van der Waals surface area (Å²) in [7, 11) is 1.63. The summed E-state index contributed by atoms with van der Waals surface area (Å²) >= 11 is 0. The maximum Gasteiger partial charge on any atom is 0.220 e. The Morgan fingerprint density at radius 2 is 2.05 bits per heavy atom. The van der Waals surface area contributed by atoms with Crippen LogP contribution in [-0.2, 0) is 4.79 Å². The number of amides is 1. The summed E-state index contributed by atoms with van der Waals surface area (Å²) in [5.41, 5.74) is 0. The van der Waals surface area contributed by atoms with E-state index in [0.717, 1.165) is 37.4 Å². The highest BCUT2D eigenvalue weighted by Crippen LogP contribution is 2.17. The first-order valence-electron chi connectivity index (χ1n) is 7.55. The minimum Gasteiger partial charge on any atom is -0.497 e. The van der Waals surface area contributed by atoms with E-state index in [1.165, 1.54) is 6.42 Å². The average Bonchev–Trinajstić information content (AvgIpc) is 3.03. The molecule has 6 heteroatoms. The zero-order valence-corrected chi connectivity index (χ0v) is 13.8. The molecule has 1 aromatic carbocycles.